The first kappa shape index (κ1) is 18.3. The summed E-state index contributed by atoms with van der Waals surface area (Å²) in [6, 6.07) is 9.93. The number of hydrogen-bond acceptors (Lipinski definition) is 4. The zero-order valence-electron chi connectivity index (χ0n) is 15.1. The number of methoxy groups -OCH3 is 1. The number of ether oxygens (including phenoxy) is 1. The second-order valence-corrected chi connectivity index (χ2v) is 6.81. The molecule has 0 saturated heterocycles. The number of benzene rings is 1. The summed E-state index contributed by atoms with van der Waals surface area (Å²) in [4.78, 5) is 4.17. The van der Waals surface area contributed by atoms with E-state index in [-0.39, 0.29) is 0 Å². The van der Waals surface area contributed by atoms with Gasteiger partial charge in [0, 0.05) is 23.5 Å². The molecule has 1 heterocycles. The average molecular weight is 368 g/mol. The number of nitrogens with one attached hydrogen (secondary N) is 1. The van der Waals surface area contributed by atoms with Crippen molar-refractivity contribution < 1.29 is 4.74 Å². The number of rotatable bonds is 5. The molecule has 1 aromatic carbocycles. The van der Waals surface area contributed by atoms with Gasteiger partial charge in [0.25, 0.3) is 0 Å². The molecule has 0 amide bonds. The van der Waals surface area contributed by atoms with Crippen LogP contribution in [0, 0.1) is 11.3 Å². The molecule has 1 N–H and O–H groups in total. The molecule has 0 saturated carbocycles. The SMILES string of the molecule is CCC1=C(c2ccncc2OC)CC(Nc2ccc(C#N)c(Cl)c2)CC1. The first-order valence-electron chi connectivity index (χ1n) is 8.81. The van der Waals surface area contributed by atoms with Crippen molar-refractivity contribution in [3.63, 3.8) is 0 Å². The van der Waals surface area contributed by atoms with Crippen LogP contribution in [-0.4, -0.2) is 18.1 Å². The Morgan fingerprint density at radius 3 is 2.92 bits per heavy atom. The highest BCUT2D eigenvalue weighted by molar-refractivity contribution is 6.32. The molecule has 0 radical (unpaired) electrons. The molecule has 0 spiro atoms. The van der Waals surface area contributed by atoms with E-state index in [1.54, 1.807) is 19.4 Å². The van der Waals surface area contributed by atoms with Crippen molar-refractivity contribution in [3.8, 4) is 11.8 Å². The van der Waals surface area contributed by atoms with Gasteiger partial charge in [-0.1, -0.05) is 24.1 Å². The Hall–Kier alpha value is -2.51. The van der Waals surface area contributed by atoms with Gasteiger partial charge in [-0.25, -0.2) is 0 Å². The molecular formula is C21H22ClN3O. The highest BCUT2D eigenvalue weighted by Crippen LogP contribution is 2.38. The molecular weight excluding hydrogens is 346 g/mol. The minimum absolute atomic E-state index is 0.308. The summed E-state index contributed by atoms with van der Waals surface area (Å²) >= 11 is 6.16. The van der Waals surface area contributed by atoms with Gasteiger partial charge in [0.15, 0.2) is 0 Å². The molecule has 26 heavy (non-hydrogen) atoms. The summed E-state index contributed by atoms with van der Waals surface area (Å²) in [5.41, 5.74) is 5.39. The van der Waals surface area contributed by atoms with E-state index >= 15 is 0 Å². The molecule has 1 aliphatic carbocycles. The van der Waals surface area contributed by atoms with Crippen LogP contribution in [-0.2, 0) is 0 Å². The smallest absolute Gasteiger partial charge is 0.144 e. The van der Waals surface area contributed by atoms with E-state index in [2.05, 4.69) is 23.3 Å². The summed E-state index contributed by atoms with van der Waals surface area (Å²) in [5.74, 6) is 0.815. The number of hydrogen-bond donors (Lipinski definition) is 1. The van der Waals surface area contributed by atoms with E-state index in [0.29, 0.717) is 16.6 Å². The number of aromatic nitrogens is 1. The maximum atomic E-state index is 9.02. The quantitative estimate of drug-likeness (QED) is 0.764. The van der Waals surface area contributed by atoms with Crippen molar-refractivity contribution in [1.82, 2.24) is 4.98 Å². The lowest BCUT2D eigenvalue weighted by Gasteiger charge is -2.29. The van der Waals surface area contributed by atoms with Crippen LogP contribution in [0.1, 0.15) is 43.7 Å². The Kier molecular flexibility index (Phi) is 5.80. The third-order valence-electron chi connectivity index (χ3n) is 4.89. The molecule has 5 heteroatoms. The van der Waals surface area contributed by atoms with Gasteiger partial charge in [-0.15, -0.1) is 0 Å². The van der Waals surface area contributed by atoms with E-state index in [9.17, 15) is 0 Å². The standard InChI is InChI=1S/C21H22ClN3O/c1-3-14-4-6-16(25-17-7-5-15(12-23)20(22)11-17)10-19(14)18-8-9-24-13-21(18)26-2/h5,7-9,11,13,16,25H,3-4,6,10H2,1-2H3. The van der Waals surface area contributed by atoms with Crippen molar-refractivity contribution in [1.29, 1.82) is 5.26 Å². The third-order valence-corrected chi connectivity index (χ3v) is 5.20. The average Bonchev–Trinajstić information content (AvgIpc) is 2.68. The lowest BCUT2D eigenvalue weighted by atomic mass is 9.83. The molecule has 3 rings (SSSR count). The maximum Gasteiger partial charge on any atom is 0.144 e. The predicted molar refractivity (Wildman–Crippen MR) is 105 cm³/mol. The number of halogens is 1. The van der Waals surface area contributed by atoms with Crippen LogP contribution in [0.25, 0.3) is 5.57 Å². The first-order valence-corrected chi connectivity index (χ1v) is 9.19. The van der Waals surface area contributed by atoms with Crippen LogP contribution >= 0.6 is 11.6 Å². The highest BCUT2D eigenvalue weighted by atomic mass is 35.5. The summed E-state index contributed by atoms with van der Waals surface area (Å²) in [5, 5.41) is 13.1. The van der Waals surface area contributed by atoms with Gasteiger partial charge in [-0.3, -0.25) is 4.98 Å². The molecule has 0 aliphatic heterocycles. The summed E-state index contributed by atoms with van der Waals surface area (Å²) in [6.45, 7) is 2.21. The summed E-state index contributed by atoms with van der Waals surface area (Å²) < 4.78 is 5.52. The van der Waals surface area contributed by atoms with Gasteiger partial charge in [-0.2, -0.15) is 5.26 Å². The van der Waals surface area contributed by atoms with Crippen LogP contribution in [0.15, 0.2) is 42.2 Å². The number of nitriles is 1. The molecule has 1 aromatic heterocycles. The van der Waals surface area contributed by atoms with Gasteiger partial charge in [-0.05, 0) is 55.5 Å². The first-order chi connectivity index (χ1) is 12.7. The van der Waals surface area contributed by atoms with E-state index in [1.165, 1.54) is 11.1 Å². The lowest BCUT2D eigenvalue weighted by molar-refractivity contribution is 0.411. The molecule has 134 valence electrons. The van der Waals surface area contributed by atoms with Gasteiger partial charge < -0.3 is 10.1 Å². The highest BCUT2D eigenvalue weighted by Gasteiger charge is 2.23. The fourth-order valence-corrected chi connectivity index (χ4v) is 3.75. The van der Waals surface area contributed by atoms with Crippen molar-refractivity contribution in [2.75, 3.05) is 12.4 Å². The zero-order chi connectivity index (χ0) is 18.5. The van der Waals surface area contributed by atoms with Crippen LogP contribution in [0.2, 0.25) is 5.02 Å². The topological polar surface area (TPSA) is 57.9 Å². The molecule has 0 bridgehead atoms. The molecule has 2 aromatic rings. The van der Waals surface area contributed by atoms with Crippen LogP contribution in [0.4, 0.5) is 5.69 Å². The normalized spacial score (nSPS) is 16.9. The second kappa shape index (κ2) is 8.25. The van der Waals surface area contributed by atoms with E-state index in [1.807, 2.05) is 24.4 Å². The molecule has 1 atom stereocenters. The van der Waals surface area contributed by atoms with E-state index in [4.69, 9.17) is 21.6 Å². The van der Waals surface area contributed by atoms with Gasteiger partial charge in [0.1, 0.15) is 11.8 Å². The van der Waals surface area contributed by atoms with Crippen LogP contribution < -0.4 is 10.1 Å². The maximum absolute atomic E-state index is 9.02. The van der Waals surface area contributed by atoms with Crippen molar-refractivity contribution in [2.24, 2.45) is 0 Å². The van der Waals surface area contributed by atoms with E-state index < -0.39 is 0 Å². The third kappa shape index (κ3) is 3.84. The monoisotopic (exact) mass is 367 g/mol. The van der Waals surface area contributed by atoms with Crippen LogP contribution in [0.5, 0.6) is 5.75 Å². The van der Waals surface area contributed by atoms with E-state index in [0.717, 1.165) is 42.7 Å². The predicted octanol–water partition coefficient (Wildman–Crippen LogP) is 5.44. The Balaban J connectivity index is 1.84. The van der Waals surface area contributed by atoms with Crippen molar-refractivity contribution >= 4 is 22.9 Å². The Labute approximate surface area is 159 Å². The van der Waals surface area contributed by atoms with Gasteiger partial charge in [0.2, 0.25) is 0 Å². The molecule has 1 unspecified atom stereocenters. The summed E-state index contributed by atoms with van der Waals surface area (Å²) in [6.07, 6.45) is 7.66. The minimum atomic E-state index is 0.308. The second-order valence-electron chi connectivity index (χ2n) is 6.40. The number of anilines is 1. The van der Waals surface area contributed by atoms with Crippen LogP contribution in [0.3, 0.4) is 0 Å². The molecule has 4 nitrogen and oxygen atoms in total. The Morgan fingerprint density at radius 1 is 1.38 bits per heavy atom. The number of pyridine rings is 1. The van der Waals surface area contributed by atoms with Crippen molar-refractivity contribution in [2.45, 2.75) is 38.6 Å². The summed E-state index contributed by atoms with van der Waals surface area (Å²) in [7, 11) is 1.68. The minimum Gasteiger partial charge on any atom is -0.495 e. The molecule has 0 fully saturated rings. The van der Waals surface area contributed by atoms with Gasteiger partial charge in [0.05, 0.1) is 23.9 Å². The largest absolute Gasteiger partial charge is 0.495 e. The lowest BCUT2D eigenvalue weighted by Crippen LogP contribution is -2.24. The Morgan fingerprint density at radius 2 is 2.23 bits per heavy atom. The van der Waals surface area contributed by atoms with Crippen molar-refractivity contribution in [3.05, 3.63) is 58.4 Å². The van der Waals surface area contributed by atoms with Gasteiger partial charge >= 0.3 is 0 Å². The number of allylic oxidation sites excluding steroid dienone is 1. The number of nitrogens with zero attached hydrogens (tertiary/aromatic N) is 2. The Bertz CT molecular complexity index is 870. The zero-order valence-corrected chi connectivity index (χ0v) is 15.8. The molecule has 1 aliphatic rings. The fraction of sp³-hybridized carbons (Fsp3) is 0.333. The fourth-order valence-electron chi connectivity index (χ4n) is 3.53.